The summed E-state index contributed by atoms with van der Waals surface area (Å²) >= 11 is 0. The van der Waals surface area contributed by atoms with E-state index < -0.39 is 11.8 Å². The Morgan fingerprint density at radius 2 is 2.38 bits per heavy atom. The highest BCUT2D eigenvalue weighted by molar-refractivity contribution is 5.81. The number of rotatable bonds is 1. The van der Waals surface area contributed by atoms with Crippen LogP contribution in [0, 0.1) is 0 Å². The van der Waals surface area contributed by atoms with Crippen LogP contribution in [0.2, 0.25) is 0 Å². The predicted octanol–water partition coefficient (Wildman–Crippen LogP) is -1.35. The van der Waals surface area contributed by atoms with E-state index in [0.717, 1.165) is 0 Å². The zero-order chi connectivity index (χ0) is 6.78. The Hall–Kier alpha value is -0.680. The predicted molar refractivity (Wildman–Crippen MR) is 24.1 cm³/mol. The van der Waals surface area contributed by atoms with E-state index in [4.69, 9.17) is 5.11 Å². The second-order valence-corrected chi connectivity index (χ2v) is 1.43. The molecule has 0 aliphatic carbocycles. The van der Waals surface area contributed by atoms with Gasteiger partial charge in [0.25, 0.3) is 11.8 Å². The normalized spacial score (nSPS) is 17.0. The molecular formula is C3H7FN2O2. The molecule has 0 fully saturated rings. The monoisotopic (exact) mass is 122 g/mol. The average molecular weight is 122 g/mol. The van der Waals surface area contributed by atoms with E-state index in [2.05, 4.69) is 5.84 Å². The number of hydrazine groups is 1. The summed E-state index contributed by atoms with van der Waals surface area (Å²) in [5, 5.41) is 8.13. The first-order valence-electron chi connectivity index (χ1n) is 1.91. The topological polar surface area (TPSA) is 75.3 Å². The summed E-state index contributed by atoms with van der Waals surface area (Å²) in [5.41, 5.74) is 1.44. The van der Waals surface area contributed by atoms with Crippen molar-refractivity contribution in [3.05, 3.63) is 0 Å². The van der Waals surface area contributed by atoms with Crippen LogP contribution < -0.4 is 11.3 Å². The lowest BCUT2D eigenvalue weighted by atomic mass is 10.3. The third-order valence-corrected chi connectivity index (χ3v) is 0.546. The lowest BCUT2D eigenvalue weighted by Gasteiger charge is -2.08. The van der Waals surface area contributed by atoms with Crippen LogP contribution in [-0.2, 0) is 4.79 Å². The van der Waals surface area contributed by atoms with Gasteiger partial charge in [-0.1, -0.05) is 0 Å². The molecule has 0 aromatic heterocycles. The molecule has 0 heterocycles. The van der Waals surface area contributed by atoms with Gasteiger partial charge in [0.2, 0.25) is 0 Å². The highest BCUT2D eigenvalue weighted by Gasteiger charge is 2.27. The summed E-state index contributed by atoms with van der Waals surface area (Å²) in [4.78, 5) is 9.97. The summed E-state index contributed by atoms with van der Waals surface area (Å²) in [6.07, 6.45) is 0. The van der Waals surface area contributed by atoms with Gasteiger partial charge in [-0.3, -0.25) is 10.2 Å². The minimum absolute atomic E-state index is 0.690. The molecule has 48 valence electrons. The minimum atomic E-state index is -2.87. The summed E-state index contributed by atoms with van der Waals surface area (Å²) < 4.78 is 11.8. The molecule has 0 saturated carbocycles. The fourth-order valence-corrected chi connectivity index (χ4v) is 0.132. The summed E-state index contributed by atoms with van der Waals surface area (Å²) in [5.74, 6) is 0.340. The molecule has 0 aliphatic heterocycles. The molecule has 5 heteroatoms. The van der Waals surface area contributed by atoms with E-state index in [1.54, 1.807) is 0 Å². The van der Waals surface area contributed by atoms with Crippen molar-refractivity contribution < 1.29 is 14.3 Å². The molecule has 1 unspecified atom stereocenters. The molecule has 4 N–H and O–H groups in total. The highest BCUT2D eigenvalue weighted by Crippen LogP contribution is 2.01. The lowest BCUT2D eigenvalue weighted by molar-refractivity contribution is -0.156. The molecule has 0 aromatic carbocycles. The molecule has 4 nitrogen and oxygen atoms in total. The lowest BCUT2D eigenvalue weighted by Crippen LogP contribution is -2.44. The van der Waals surface area contributed by atoms with E-state index in [1.807, 2.05) is 0 Å². The molecule has 0 bridgehead atoms. The van der Waals surface area contributed by atoms with E-state index in [0.29, 0.717) is 6.92 Å². The van der Waals surface area contributed by atoms with Gasteiger partial charge >= 0.3 is 0 Å². The SMILES string of the molecule is CC(O)(F)C(=O)NN. The Kier molecular flexibility index (Phi) is 1.88. The molecule has 8 heavy (non-hydrogen) atoms. The van der Waals surface area contributed by atoms with Gasteiger partial charge < -0.3 is 5.11 Å². The number of aliphatic hydroxyl groups is 1. The van der Waals surface area contributed by atoms with Crippen LogP contribution in [0.4, 0.5) is 4.39 Å². The minimum Gasteiger partial charge on any atom is -0.355 e. The van der Waals surface area contributed by atoms with Gasteiger partial charge in [-0.2, -0.15) is 0 Å². The Morgan fingerprint density at radius 3 is 2.38 bits per heavy atom. The highest BCUT2D eigenvalue weighted by atomic mass is 19.2. The van der Waals surface area contributed by atoms with Gasteiger partial charge in [0.05, 0.1) is 0 Å². The number of hydrogen-bond acceptors (Lipinski definition) is 3. The Labute approximate surface area is 45.5 Å². The van der Waals surface area contributed by atoms with Crippen molar-refractivity contribution in [2.45, 2.75) is 12.8 Å². The second kappa shape index (κ2) is 2.06. The number of nitrogens with one attached hydrogen (secondary N) is 1. The molecule has 1 amide bonds. The number of halogens is 1. The maximum absolute atomic E-state index is 11.8. The van der Waals surface area contributed by atoms with Crippen LogP contribution in [-0.4, -0.2) is 16.9 Å². The molecule has 0 rings (SSSR count). The molecule has 0 saturated heterocycles. The number of hydrogen-bond donors (Lipinski definition) is 3. The number of amides is 1. The maximum atomic E-state index is 11.8. The van der Waals surface area contributed by atoms with E-state index in [1.165, 1.54) is 5.43 Å². The first kappa shape index (κ1) is 7.32. The van der Waals surface area contributed by atoms with Crippen molar-refractivity contribution >= 4 is 5.91 Å². The van der Waals surface area contributed by atoms with Crippen LogP contribution in [0.5, 0.6) is 0 Å². The number of carbonyl (C=O) groups excluding carboxylic acids is 1. The maximum Gasteiger partial charge on any atom is 0.298 e. The third-order valence-electron chi connectivity index (χ3n) is 0.546. The Morgan fingerprint density at radius 1 is 2.00 bits per heavy atom. The first-order valence-corrected chi connectivity index (χ1v) is 1.91. The third kappa shape index (κ3) is 1.85. The second-order valence-electron chi connectivity index (χ2n) is 1.43. The summed E-state index contributed by atoms with van der Waals surface area (Å²) in [7, 11) is 0. The van der Waals surface area contributed by atoms with Gasteiger partial charge in [0, 0.05) is 6.92 Å². The van der Waals surface area contributed by atoms with Crippen molar-refractivity contribution in [2.24, 2.45) is 5.84 Å². The molecule has 1 atom stereocenters. The van der Waals surface area contributed by atoms with Crippen LogP contribution in [0.1, 0.15) is 6.92 Å². The fraction of sp³-hybridized carbons (Fsp3) is 0.667. The van der Waals surface area contributed by atoms with Gasteiger partial charge in [-0.15, -0.1) is 0 Å². The standard InChI is InChI=1S/C3H7FN2O2/c1-3(4,8)2(7)6-5/h8H,5H2,1H3,(H,6,7). The van der Waals surface area contributed by atoms with Gasteiger partial charge in [-0.05, 0) is 0 Å². The van der Waals surface area contributed by atoms with Crippen molar-refractivity contribution in [3.63, 3.8) is 0 Å². The summed E-state index contributed by atoms with van der Waals surface area (Å²) in [6.45, 7) is 0.690. The molecular weight excluding hydrogens is 115 g/mol. The molecule has 0 spiro atoms. The zero-order valence-electron chi connectivity index (χ0n) is 4.31. The van der Waals surface area contributed by atoms with Gasteiger partial charge in [0.1, 0.15) is 0 Å². The van der Waals surface area contributed by atoms with E-state index in [9.17, 15) is 9.18 Å². The zero-order valence-corrected chi connectivity index (χ0v) is 4.31. The first-order chi connectivity index (χ1) is 3.48. The smallest absolute Gasteiger partial charge is 0.298 e. The largest absolute Gasteiger partial charge is 0.355 e. The van der Waals surface area contributed by atoms with E-state index >= 15 is 0 Å². The quantitative estimate of drug-likeness (QED) is 0.229. The fourth-order valence-electron chi connectivity index (χ4n) is 0.132. The Balaban J connectivity index is 3.82. The molecule has 0 aliphatic rings. The number of nitrogens with two attached hydrogens (primary N) is 1. The van der Waals surface area contributed by atoms with Gasteiger partial charge in [-0.25, -0.2) is 10.2 Å². The van der Waals surface area contributed by atoms with Crippen molar-refractivity contribution in [3.8, 4) is 0 Å². The number of alkyl halides is 1. The molecule has 0 aromatic rings. The van der Waals surface area contributed by atoms with Crippen LogP contribution in [0.25, 0.3) is 0 Å². The van der Waals surface area contributed by atoms with E-state index in [-0.39, 0.29) is 0 Å². The Bertz CT molecular complexity index is 97.9. The number of carbonyl (C=O) groups is 1. The van der Waals surface area contributed by atoms with Crippen molar-refractivity contribution in [2.75, 3.05) is 0 Å². The van der Waals surface area contributed by atoms with Crippen molar-refractivity contribution in [1.82, 2.24) is 5.43 Å². The average Bonchev–Trinajstić information content (AvgIpc) is 1.62. The van der Waals surface area contributed by atoms with Crippen LogP contribution in [0.15, 0.2) is 0 Å². The summed E-state index contributed by atoms with van der Waals surface area (Å²) in [6, 6.07) is 0. The van der Waals surface area contributed by atoms with Gasteiger partial charge in [0.15, 0.2) is 0 Å². The van der Waals surface area contributed by atoms with Crippen LogP contribution >= 0.6 is 0 Å². The molecule has 0 radical (unpaired) electrons. The van der Waals surface area contributed by atoms with Crippen molar-refractivity contribution in [1.29, 1.82) is 0 Å². The van der Waals surface area contributed by atoms with Crippen LogP contribution in [0.3, 0.4) is 0 Å².